The number of carbonyl (C=O) groups is 1. The molecular weight excluding hydrogens is 232 g/mol. The van der Waals surface area contributed by atoms with Gasteiger partial charge in [-0.3, -0.25) is 4.98 Å². The Balaban J connectivity index is 3.44. The molecule has 0 spiro atoms. The van der Waals surface area contributed by atoms with Crippen molar-refractivity contribution >= 4 is 17.6 Å². The number of carboxylic acid groups (broad SMARTS) is 1. The highest BCUT2D eigenvalue weighted by molar-refractivity contribution is 6.17. The molecule has 0 saturated carbocycles. The van der Waals surface area contributed by atoms with E-state index in [-0.39, 0.29) is 11.6 Å². The zero-order valence-electron chi connectivity index (χ0n) is 7.25. The van der Waals surface area contributed by atoms with Crippen molar-refractivity contribution in [2.45, 2.75) is 12.3 Å². The van der Waals surface area contributed by atoms with E-state index in [0.717, 1.165) is 6.20 Å². The molecule has 0 atom stereocenters. The van der Waals surface area contributed by atoms with Crippen molar-refractivity contribution in [2.24, 2.45) is 0 Å². The normalized spacial score (nSPS) is 10.7. The summed E-state index contributed by atoms with van der Waals surface area (Å²) in [7, 11) is 0. The number of hydrogen-bond donors (Lipinski definition) is 2. The first-order chi connectivity index (χ1) is 6.99. The molecule has 0 unspecified atom stereocenters. The smallest absolute Gasteiger partial charge is 0.337 e. The van der Waals surface area contributed by atoms with Crippen LogP contribution in [0.5, 0.6) is 5.75 Å². The molecule has 2 N–H and O–H groups in total. The fourth-order valence-electron chi connectivity index (χ4n) is 1.05. The number of rotatable bonds is 3. The quantitative estimate of drug-likeness (QED) is 0.791. The molecule has 0 amide bonds. The molecule has 0 aliphatic rings. The molecule has 0 aliphatic heterocycles. The van der Waals surface area contributed by atoms with Gasteiger partial charge >= 0.3 is 5.97 Å². The van der Waals surface area contributed by atoms with E-state index < -0.39 is 29.3 Å². The van der Waals surface area contributed by atoms with E-state index in [0.29, 0.717) is 0 Å². The van der Waals surface area contributed by atoms with Crippen LogP contribution in [0.15, 0.2) is 6.20 Å². The summed E-state index contributed by atoms with van der Waals surface area (Å²) in [6, 6.07) is 0. The van der Waals surface area contributed by atoms with Crippen LogP contribution in [0.2, 0.25) is 0 Å². The van der Waals surface area contributed by atoms with E-state index in [1.165, 1.54) is 0 Å². The lowest BCUT2D eigenvalue weighted by molar-refractivity contribution is 0.0682. The molecule has 0 saturated heterocycles. The van der Waals surface area contributed by atoms with Gasteiger partial charge in [0.1, 0.15) is 5.75 Å². The molecule has 4 nitrogen and oxygen atoms in total. The SMILES string of the molecule is O=C(O)c1cnc(CCl)c(O)c1C(F)F. The van der Waals surface area contributed by atoms with Gasteiger partial charge in [0.25, 0.3) is 6.43 Å². The van der Waals surface area contributed by atoms with Crippen LogP contribution in [0.1, 0.15) is 28.0 Å². The van der Waals surface area contributed by atoms with Crippen LogP contribution in [0.3, 0.4) is 0 Å². The standard InChI is InChI=1S/C8H6ClF2NO3/c9-1-4-6(13)5(7(10)11)3(2-12-4)8(14)15/h2,7,13H,1H2,(H,14,15). The van der Waals surface area contributed by atoms with Crippen molar-refractivity contribution in [3.8, 4) is 5.75 Å². The Bertz CT molecular complexity index is 398. The fraction of sp³-hybridized carbons (Fsp3) is 0.250. The van der Waals surface area contributed by atoms with Gasteiger partial charge < -0.3 is 10.2 Å². The lowest BCUT2D eigenvalue weighted by Crippen LogP contribution is -2.06. The molecule has 0 aromatic carbocycles. The number of carboxylic acids is 1. The summed E-state index contributed by atoms with van der Waals surface area (Å²) in [6.07, 6.45) is -2.34. The Labute approximate surface area is 88.1 Å². The molecule has 7 heteroatoms. The van der Waals surface area contributed by atoms with E-state index >= 15 is 0 Å². The van der Waals surface area contributed by atoms with Crippen LogP contribution in [0.4, 0.5) is 8.78 Å². The van der Waals surface area contributed by atoms with E-state index in [4.69, 9.17) is 16.7 Å². The maximum Gasteiger partial charge on any atom is 0.337 e. The summed E-state index contributed by atoms with van der Waals surface area (Å²) in [6.45, 7) is 0. The van der Waals surface area contributed by atoms with Crippen molar-refractivity contribution in [1.82, 2.24) is 4.98 Å². The second kappa shape index (κ2) is 4.39. The predicted molar refractivity (Wildman–Crippen MR) is 47.4 cm³/mol. The van der Waals surface area contributed by atoms with E-state index in [1.807, 2.05) is 0 Å². The molecule has 1 aromatic heterocycles. The van der Waals surface area contributed by atoms with Crippen LogP contribution < -0.4 is 0 Å². The molecule has 82 valence electrons. The zero-order valence-corrected chi connectivity index (χ0v) is 8.00. The second-order valence-corrected chi connectivity index (χ2v) is 2.89. The summed E-state index contributed by atoms with van der Waals surface area (Å²) in [5.41, 5.74) is -1.85. The fourth-order valence-corrected chi connectivity index (χ4v) is 1.24. The number of aromatic nitrogens is 1. The highest BCUT2D eigenvalue weighted by Crippen LogP contribution is 2.33. The summed E-state index contributed by atoms with van der Waals surface area (Å²) >= 11 is 5.33. The third-order valence-corrected chi connectivity index (χ3v) is 2.00. The molecule has 1 rings (SSSR count). The minimum absolute atomic E-state index is 0.169. The Morgan fingerprint density at radius 2 is 2.20 bits per heavy atom. The monoisotopic (exact) mass is 237 g/mol. The van der Waals surface area contributed by atoms with Crippen LogP contribution in [-0.4, -0.2) is 21.2 Å². The lowest BCUT2D eigenvalue weighted by Gasteiger charge is -2.09. The van der Waals surface area contributed by atoms with Gasteiger partial charge in [0, 0.05) is 6.20 Å². The van der Waals surface area contributed by atoms with E-state index in [9.17, 15) is 18.7 Å². The van der Waals surface area contributed by atoms with Gasteiger partial charge in [0.15, 0.2) is 0 Å². The first-order valence-electron chi connectivity index (χ1n) is 3.77. The number of aromatic carboxylic acids is 1. The molecule has 1 aromatic rings. The number of halogens is 3. The van der Waals surface area contributed by atoms with Gasteiger partial charge in [0.2, 0.25) is 0 Å². The first-order valence-corrected chi connectivity index (χ1v) is 4.30. The van der Waals surface area contributed by atoms with E-state index in [2.05, 4.69) is 4.98 Å². The maximum absolute atomic E-state index is 12.5. The van der Waals surface area contributed by atoms with Crippen molar-refractivity contribution in [3.05, 3.63) is 23.0 Å². The highest BCUT2D eigenvalue weighted by Gasteiger charge is 2.24. The summed E-state index contributed by atoms with van der Waals surface area (Å²) in [5, 5.41) is 17.9. The molecule has 1 heterocycles. The third kappa shape index (κ3) is 2.15. The van der Waals surface area contributed by atoms with Gasteiger partial charge in [-0.25, -0.2) is 13.6 Å². The predicted octanol–water partition coefficient (Wildman–Crippen LogP) is 2.16. The summed E-state index contributed by atoms with van der Waals surface area (Å²) < 4.78 is 24.9. The van der Waals surface area contributed by atoms with Crippen molar-refractivity contribution in [3.63, 3.8) is 0 Å². The molecule has 15 heavy (non-hydrogen) atoms. The van der Waals surface area contributed by atoms with Crippen molar-refractivity contribution in [1.29, 1.82) is 0 Å². The topological polar surface area (TPSA) is 70.4 Å². The van der Waals surface area contributed by atoms with Crippen LogP contribution in [0, 0.1) is 0 Å². The van der Waals surface area contributed by atoms with Crippen LogP contribution in [-0.2, 0) is 5.88 Å². The minimum Gasteiger partial charge on any atom is -0.505 e. The van der Waals surface area contributed by atoms with Crippen LogP contribution in [0.25, 0.3) is 0 Å². The number of aromatic hydroxyl groups is 1. The third-order valence-electron chi connectivity index (χ3n) is 1.74. The van der Waals surface area contributed by atoms with Gasteiger partial charge in [0.05, 0.1) is 22.7 Å². The average molecular weight is 238 g/mol. The Kier molecular flexibility index (Phi) is 3.41. The Morgan fingerprint density at radius 3 is 2.60 bits per heavy atom. The summed E-state index contributed by atoms with van der Waals surface area (Å²) in [5.74, 6) is -2.71. The molecule has 0 radical (unpaired) electrons. The molecule has 0 aliphatic carbocycles. The first kappa shape index (κ1) is 11.6. The highest BCUT2D eigenvalue weighted by atomic mass is 35.5. The van der Waals surface area contributed by atoms with Crippen molar-refractivity contribution < 1.29 is 23.8 Å². The molecule has 0 fully saturated rings. The number of alkyl halides is 3. The second-order valence-electron chi connectivity index (χ2n) is 2.62. The Morgan fingerprint density at radius 1 is 1.60 bits per heavy atom. The molecule has 0 bridgehead atoms. The van der Waals surface area contributed by atoms with Crippen molar-refractivity contribution in [2.75, 3.05) is 0 Å². The number of nitrogens with zero attached hydrogens (tertiary/aromatic N) is 1. The lowest BCUT2D eigenvalue weighted by atomic mass is 10.1. The number of pyridine rings is 1. The van der Waals surface area contributed by atoms with Gasteiger partial charge in [-0.15, -0.1) is 11.6 Å². The summed E-state index contributed by atoms with van der Waals surface area (Å²) in [4.78, 5) is 14.0. The molecular formula is C8H6ClF2NO3. The van der Waals surface area contributed by atoms with E-state index in [1.54, 1.807) is 0 Å². The maximum atomic E-state index is 12.5. The minimum atomic E-state index is -3.10. The Hall–Kier alpha value is -1.43. The van der Waals surface area contributed by atoms with Gasteiger partial charge in [-0.2, -0.15) is 0 Å². The van der Waals surface area contributed by atoms with Crippen LogP contribution >= 0.6 is 11.6 Å². The number of hydrogen-bond acceptors (Lipinski definition) is 3. The van der Waals surface area contributed by atoms with Gasteiger partial charge in [-0.05, 0) is 0 Å². The zero-order chi connectivity index (χ0) is 11.6. The average Bonchev–Trinajstić information content (AvgIpc) is 2.16. The van der Waals surface area contributed by atoms with Gasteiger partial charge in [-0.1, -0.05) is 0 Å². The largest absolute Gasteiger partial charge is 0.505 e.